The Hall–Kier alpha value is -1.83. The highest BCUT2D eigenvalue weighted by Gasteiger charge is 2.23. The third-order valence-electron chi connectivity index (χ3n) is 3.75. The van der Waals surface area contributed by atoms with Crippen LogP contribution in [0, 0.1) is 5.92 Å². The molecule has 142 valence electrons. The van der Waals surface area contributed by atoms with E-state index in [4.69, 9.17) is 4.79 Å². The molecule has 0 amide bonds. The van der Waals surface area contributed by atoms with Crippen LogP contribution >= 0.6 is 0 Å². The Morgan fingerprint density at radius 2 is 1.76 bits per heavy atom. The highest BCUT2D eigenvalue weighted by Crippen LogP contribution is 2.31. The van der Waals surface area contributed by atoms with E-state index >= 15 is 0 Å². The van der Waals surface area contributed by atoms with Crippen LogP contribution in [-0.2, 0) is 10.2 Å². The summed E-state index contributed by atoms with van der Waals surface area (Å²) in [4.78, 5) is 8.81. The van der Waals surface area contributed by atoms with Crippen molar-refractivity contribution in [2.75, 3.05) is 6.54 Å². The molecule has 0 heterocycles. The summed E-state index contributed by atoms with van der Waals surface area (Å²) in [6, 6.07) is 8.78. The van der Waals surface area contributed by atoms with Crippen LogP contribution in [0.3, 0.4) is 0 Å². The van der Waals surface area contributed by atoms with E-state index in [9.17, 15) is 0 Å². The van der Waals surface area contributed by atoms with E-state index in [-0.39, 0.29) is 5.41 Å². The molecule has 1 aromatic carbocycles. The summed E-state index contributed by atoms with van der Waals surface area (Å²) in [5, 5.41) is 3.34. The summed E-state index contributed by atoms with van der Waals surface area (Å²) in [5.74, 6) is 0.607. The van der Waals surface area contributed by atoms with Crippen molar-refractivity contribution < 1.29 is 4.79 Å². The Balaban J connectivity index is 0. The van der Waals surface area contributed by atoms with Gasteiger partial charge >= 0.3 is 0 Å². The smallest absolute Gasteiger partial charge is 0.116 e. The van der Waals surface area contributed by atoms with Gasteiger partial charge < -0.3 is 10.1 Å². The Morgan fingerprint density at radius 1 is 1.24 bits per heavy atom. The lowest BCUT2D eigenvalue weighted by Crippen LogP contribution is -2.26. The predicted molar refractivity (Wildman–Crippen MR) is 114 cm³/mol. The summed E-state index contributed by atoms with van der Waals surface area (Å²) in [6.45, 7) is 25.4. The molecule has 1 rings (SSSR count). The van der Waals surface area contributed by atoms with Crippen molar-refractivity contribution in [3.8, 4) is 0 Å². The maximum atomic E-state index is 8.81. The van der Waals surface area contributed by atoms with Crippen molar-refractivity contribution in [3.63, 3.8) is 0 Å². The second kappa shape index (κ2) is 13.5. The summed E-state index contributed by atoms with van der Waals surface area (Å²) in [5.41, 5.74) is 4.96. The number of hydrogen-bond donors (Lipinski definition) is 1. The molecule has 0 aliphatic carbocycles. The number of nitrogens with one attached hydrogen (secondary N) is 1. The van der Waals surface area contributed by atoms with Gasteiger partial charge in [0, 0.05) is 12.2 Å². The number of benzene rings is 1. The number of hydrogen-bond acceptors (Lipinski definition) is 2. The van der Waals surface area contributed by atoms with Crippen molar-refractivity contribution >= 4 is 11.9 Å². The molecule has 1 N–H and O–H groups in total. The van der Waals surface area contributed by atoms with Crippen LogP contribution in [0.4, 0.5) is 0 Å². The maximum absolute atomic E-state index is 8.81. The first-order valence-electron chi connectivity index (χ1n) is 9.19. The molecule has 1 atom stereocenters. The molecule has 2 nitrogen and oxygen atoms in total. The van der Waals surface area contributed by atoms with Gasteiger partial charge in [-0.25, -0.2) is 0 Å². The number of carbonyl (C=O) groups is 1. The lowest BCUT2D eigenvalue weighted by Gasteiger charge is -2.29. The van der Waals surface area contributed by atoms with Gasteiger partial charge in [-0.3, -0.25) is 0 Å². The molecular weight excluding hydrogens is 306 g/mol. The molecule has 0 aromatic heterocycles. The minimum Gasteiger partial charge on any atom is -0.389 e. The van der Waals surface area contributed by atoms with E-state index in [1.54, 1.807) is 0 Å². The van der Waals surface area contributed by atoms with E-state index in [1.165, 1.54) is 18.1 Å². The molecule has 0 aliphatic rings. The van der Waals surface area contributed by atoms with Crippen molar-refractivity contribution in [2.24, 2.45) is 5.92 Å². The van der Waals surface area contributed by atoms with Gasteiger partial charge in [0.1, 0.15) is 6.29 Å². The fraction of sp³-hybridized carbons (Fsp3) is 0.522. The SMILES string of the molecule is C=C(C)NCC(C)CC(C)(C)c1cccc(C(=C)C)c1.CC.CC=O. The fourth-order valence-corrected chi connectivity index (χ4v) is 2.62. The van der Waals surface area contributed by atoms with Gasteiger partial charge in [-0.05, 0) is 49.7 Å². The highest BCUT2D eigenvalue weighted by atomic mass is 16.1. The molecule has 25 heavy (non-hydrogen) atoms. The molecule has 0 fully saturated rings. The molecule has 0 aliphatic heterocycles. The van der Waals surface area contributed by atoms with Gasteiger partial charge in [0.15, 0.2) is 0 Å². The molecule has 0 saturated carbocycles. The monoisotopic (exact) mass is 345 g/mol. The van der Waals surface area contributed by atoms with E-state index < -0.39 is 0 Å². The summed E-state index contributed by atoms with van der Waals surface area (Å²) >= 11 is 0. The van der Waals surface area contributed by atoms with Gasteiger partial charge in [-0.15, -0.1) is 0 Å². The zero-order chi connectivity index (χ0) is 20.0. The standard InChI is InChI=1S/C19H29N.C2H4O.C2H6/c1-14(2)17-9-8-10-18(11-17)19(6,7)12-16(5)13-20-15(3)4;1-2-3;1-2/h8-11,16,20H,1,3,12-13H2,2,4-7H3;2H,1H3;1-2H3. The van der Waals surface area contributed by atoms with Crippen molar-refractivity contribution in [3.05, 3.63) is 54.2 Å². The number of allylic oxidation sites excluding steroid dienone is 2. The summed E-state index contributed by atoms with van der Waals surface area (Å²) < 4.78 is 0. The lowest BCUT2D eigenvalue weighted by atomic mass is 9.77. The topological polar surface area (TPSA) is 29.1 Å². The van der Waals surface area contributed by atoms with Gasteiger partial charge in [0.2, 0.25) is 0 Å². The first kappa shape index (κ1) is 25.4. The van der Waals surface area contributed by atoms with Crippen LogP contribution in [0.15, 0.2) is 43.1 Å². The molecule has 1 unspecified atom stereocenters. The van der Waals surface area contributed by atoms with E-state index in [2.05, 4.69) is 70.4 Å². The van der Waals surface area contributed by atoms with Gasteiger partial charge in [0.25, 0.3) is 0 Å². The molecular formula is C23H39NO. The fourth-order valence-electron chi connectivity index (χ4n) is 2.62. The Labute approximate surface area is 156 Å². The largest absolute Gasteiger partial charge is 0.389 e. The summed E-state index contributed by atoms with van der Waals surface area (Å²) in [6.07, 6.45) is 1.90. The van der Waals surface area contributed by atoms with Gasteiger partial charge in [-0.2, -0.15) is 0 Å². The quantitative estimate of drug-likeness (QED) is 0.581. The van der Waals surface area contributed by atoms with E-state index in [1.807, 2.05) is 20.8 Å². The van der Waals surface area contributed by atoms with Crippen LogP contribution in [0.1, 0.15) is 72.9 Å². The Kier molecular flexibility index (Phi) is 13.7. The predicted octanol–water partition coefficient (Wildman–Crippen LogP) is 6.38. The van der Waals surface area contributed by atoms with Crippen LogP contribution in [0.25, 0.3) is 5.57 Å². The second-order valence-electron chi connectivity index (χ2n) is 6.95. The molecule has 0 bridgehead atoms. The lowest BCUT2D eigenvalue weighted by molar-refractivity contribution is -0.106. The zero-order valence-electron chi connectivity index (χ0n) is 17.7. The van der Waals surface area contributed by atoms with Crippen LogP contribution in [0.2, 0.25) is 0 Å². The van der Waals surface area contributed by atoms with Gasteiger partial charge in [-0.1, -0.05) is 77.6 Å². The van der Waals surface area contributed by atoms with Crippen molar-refractivity contribution in [1.29, 1.82) is 0 Å². The van der Waals surface area contributed by atoms with E-state index in [0.717, 1.165) is 30.5 Å². The Morgan fingerprint density at radius 3 is 2.20 bits per heavy atom. The minimum absolute atomic E-state index is 0.168. The van der Waals surface area contributed by atoms with Crippen LogP contribution in [-0.4, -0.2) is 12.8 Å². The third kappa shape index (κ3) is 11.4. The van der Waals surface area contributed by atoms with Crippen molar-refractivity contribution in [1.82, 2.24) is 5.32 Å². The second-order valence-corrected chi connectivity index (χ2v) is 6.95. The van der Waals surface area contributed by atoms with E-state index in [0.29, 0.717) is 5.92 Å². The third-order valence-corrected chi connectivity index (χ3v) is 3.75. The average molecular weight is 346 g/mol. The summed E-state index contributed by atoms with van der Waals surface area (Å²) in [7, 11) is 0. The zero-order valence-corrected chi connectivity index (χ0v) is 17.7. The minimum atomic E-state index is 0.168. The maximum Gasteiger partial charge on any atom is 0.116 e. The Bertz CT molecular complexity index is 529. The first-order valence-corrected chi connectivity index (χ1v) is 9.19. The molecule has 0 spiro atoms. The van der Waals surface area contributed by atoms with Crippen LogP contribution < -0.4 is 5.32 Å². The first-order chi connectivity index (χ1) is 11.6. The molecule has 0 saturated heterocycles. The molecule has 1 aromatic rings. The number of rotatable bonds is 7. The number of carbonyl (C=O) groups excluding carboxylic acids is 1. The molecule has 0 radical (unpaired) electrons. The normalized spacial score (nSPS) is 11.0. The van der Waals surface area contributed by atoms with Gasteiger partial charge in [0.05, 0.1) is 0 Å². The molecule has 2 heteroatoms. The number of aldehydes is 1. The average Bonchev–Trinajstić information content (AvgIpc) is 2.55. The van der Waals surface area contributed by atoms with Crippen LogP contribution in [0.5, 0.6) is 0 Å². The highest BCUT2D eigenvalue weighted by molar-refractivity contribution is 5.62. The van der Waals surface area contributed by atoms with Crippen molar-refractivity contribution in [2.45, 2.75) is 67.2 Å².